The van der Waals surface area contributed by atoms with Crippen molar-refractivity contribution in [2.24, 2.45) is 0 Å². The zero-order chi connectivity index (χ0) is 49.3. The Balaban J connectivity index is 4.21. The molecular weight excluding hydrogens is 841 g/mol. The molecule has 6 nitrogen and oxygen atoms in total. The number of allylic oxidation sites excluding steroid dienone is 4. The summed E-state index contributed by atoms with van der Waals surface area (Å²) < 4.78 is 16.9. The van der Waals surface area contributed by atoms with Gasteiger partial charge in [-0.15, -0.1) is 0 Å². The smallest absolute Gasteiger partial charge is 0.306 e. The Morgan fingerprint density at radius 2 is 0.529 bits per heavy atom. The zero-order valence-corrected chi connectivity index (χ0v) is 45.9. The molecule has 0 saturated carbocycles. The fraction of sp³-hybridized carbons (Fsp3) is 0.887. The molecule has 6 heteroatoms. The molecule has 0 aliphatic heterocycles. The van der Waals surface area contributed by atoms with Crippen molar-refractivity contribution in [2.45, 2.75) is 341 Å². The number of carbonyl (C=O) groups is 3. The van der Waals surface area contributed by atoms with Crippen molar-refractivity contribution in [1.29, 1.82) is 0 Å². The normalized spacial score (nSPS) is 12.1. The standard InChI is InChI=1S/C62H116O6/c1-4-7-10-13-16-19-21-23-25-27-29-31-33-34-36-38-40-43-46-49-52-55-61(64)67-58-59(57-66-60(63)54-51-48-45-42-18-15-12-9-6-3)68-62(65)56-53-50-47-44-41-39-37-35-32-30-28-26-24-22-20-17-14-11-8-5-2/h21,23,27,29,59H,4-20,22,24-26,28,30-58H2,1-3H3/b23-21-,29-27-. The summed E-state index contributed by atoms with van der Waals surface area (Å²) in [6.45, 7) is 6.66. The van der Waals surface area contributed by atoms with E-state index in [0.29, 0.717) is 19.3 Å². The maximum absolute atomic E-state index is 12.9. The van der Waals surface area contributed by atoms with E-state index in [2.05, 4.69) is 45.1 Å². The highest BCUT2D eigenvalue weighted by molar-refractivity contribution is 5.71. The molecule has 0 aromatic rings. The Hall–Kier alpha value is -2.11. The second kappa shape index (κ2) is 57.5. The number of ether oxygens (including phenoxy) is 3. The molecular formula is C62H116O6. The zero-order valence-electron chi connectivity index (χ0n) is 45.9. The summed E-state index contributed by atoms with van der Waals surface area (Å²) in [5.41, 5.74) is 0. The molecule has 0 radical (unpaired) electrons. The highest BCUT2D eigenvalue weighted by Crippen LogP contribution is 2.17. The van der Waals surface area contributed by atoms with Gasteiger partial charge in [-0.3, -0.25) is 14.4 Å². The molecule has 0 bridgehead atoms. The van der Waals surface area contributed by atoms with E-state index < -0.39 is 6.10 Å². The lowest BCUT2D eigenvalue weighted by molar-refractivity contribution is -0.167. The van der Waals surface area contributed by atoms with Crippen LogP contribution in [0.4, 0.5) is 0 Å². The van der Waals surface area contributed by atoms with Crippen LogP contribution in [0.5, 0.6) is 0 Å². The summed E-state index contributed by atoms with van der Waals surface area (Å²) in [4.78, 5) is 38.1. The molecule has 68 heavy (non-hydrogen) atoms. The minimum Gasteiger partial charge on any atom is -0.462 e. The van der Waals surface area contributed by atoms with Gasteiger partial charge in [0, 0.05) is 19.3 Å². The van der Waals surface area contributed by atoms with Gasteiger partial charge >= 0.3 is 17.9 Å². The Bertz CT molecular complexity index is 1100. The Kier molecular flexibility index (Phi) is 55.7. The first-order valence-electron chi connectivity index (χ1n) is 30.3. The van der Waals surface area contributed by atoms with Crippen LogP contribution in [0.2, 0.25) is 0 Å². The van der Waals surface area contributed by atoms with E-state index >= 15 is 0 Å². The summed E-state index contributed by atoms with van der Waals surface area (Å²) in [6, 6.07) is 0. The first kappa shape index (κ1) is 65.9. The van der Waals surface area contributed by atoms with Crippen LogP contribution < -0.4 is 0 Å². The van der Waals surface area contributed by atoms with Crippen molar-refractivity contribution in [3.05, 3.63) is 24.3 Å². The third-order valence-electron chi connectivity index (χ3n) is 13.7. The molecule has 0 spiro atoms. The van der Waals surface area contributed by atoms with Crippen LogP contribution in [-0.4, -0.2) is 37.2 Å². The number of hydrogen-bond donors (Lipinski definition) is 0. The van der Waals surface area contributed by atoms with Gasteiger partial charge in [0.2, 0.25) is 0 Å². The lowest BCUT2D eigenvalue weighted by Crippen LogP contribution is -2.30. The molecule has 0 saturated heterocycles. The average Bonchev–Trinajstić information content (AvgIpc) is 3.34. The summed E-state index contributed by atoms with van der Waals surface area (Å²) in [6.07, 6.45) is 67.6. The molecule has 0 heterocycles. The van der Waals surface area contributed by atoms with Crippen molar-refractivity contribution in [3.8, 4) is 0 Å². The van der Waals surface area contributed by atoms with E-state index in [4.69, 9.17) is 14.2 Å². The van der Waals surface area contributed by atoms with Crippen molar-refractivity contribution in [1.82, 2.24) is 0 Å². The van der Waals surface area contributed by atoms with Crippen LogP contribution in [0.25, 0.3) is 0 Å². The molecule has 400 valence electrons. The Morgan fingerprint density at radius 3 is 0.809 bits per heavy atom. The minimum atomic E-state index is -0.767. The van der Waals surface area contributed by atoms with Gasteiger partial charge in [-0.1, -0.05) is 289 Å². The van der Waals surface area contributed by atoms with Gasteiger partial charge in [0.1, 0.15) is 13.2 Å². The van der Waals surface area contributed by atoms with Crippen molar-refractivity contribution in [2.75, 3.05) is 13.2 Å². The number of rotatable bonds is 56. The highest BCUT2D eigenvalue weighted by Gasteiger charge is 2.19. The molecule has 0 aromatic heterocycles. The van der Waals surface area contributed by atoms with Crippen molar-refractivity contribution >= 4 is 17.9 Å². The van der Waals surface area contributed by atoms with Gasteiger partial charge in [-0.25, -0.2) is 0 Å². The fourth-order valence-electron chi connectivity index (χ4n) is 9.12. The van der Waals surface area contributed by atoms with E-state index in [1.165, 1.54) is 231 Å². The Labute approximate surface area is 423 Å². The van der Waals surface area contributed by atoms with Gasteiger partial charge in [0.25, 0.3) is 0 Å². The van der Waals surface area contributed by atoms with Crippen LogP contribution in [0, 0.1) is 0 Å². The number of hydrogen-bond acceptors (Lipinski definition) is 6. The lowest BCUT2D eigenvalue weighted by Gasteiger charge is -2.18. The van der Waals surface area contributed by atoms with Crippen LogP contribution in [-0.2, 0) is 28.6 Å². The molecule has 0 aliphatic carbocycles. The molecule has 0 amide bonds. The number of unbranched alkanes of at least 4 members (excludes halogenated alkanes) is 41. The fourth-order valence-corrected chi connectivity index (χ4v) is 9.12. The summed E-state index contributed by atoms with van der Waals surface area (Å²) >= 11 is 0. The third-order valence-corrected chi connectivity index (χ3v) is 13.7. The maximum Gasteiger partial charge on any atom is 0.306 e. The summed E-state index contributed by atoms with van der Waals surface area (Å²) in [5.74, 6) is -0.852. The SMILES string of the molecule is CCCCCCC/C=C\C/C=C\CCCCCCCCCCCC(=O)OCC(COC(=O)CCCCCCCCCCC)OC(=O)CCCCCCCCCCCCCCCCCCCCCC. The quantitative estimate of drug-likeness (QED) is 0.0262. The molecule has 0 aliphatic rings. The predicted octanol–water partition coefficient (Wildman–Crippen LogP) is 20.3. The largest absolute Gasteiger partial charge is 0.462 e. The van der Waals surface area contributed by atoms with E-state index in [9.17, 15) is 14.4 Å². The van der Waals surface area contributed by atoms with Gasteiger partial charge in [0.15, 0.2) is 6.10 Å². The molecule has 1 atom stereocenters. The van der Waals surface area contributed by atoms with Crippen LogP contribution in [0.15, 0.2) is 24.3 Å². The molecule has 0 aromatic carbocycles. The predicted molar refractivity (Wildman–Crippen MR) is 293 cm³/mol. The van der Waals surface area contributed by atoms with Gasteiger partial charge in [0.05, 0.1) is 0 Å². The van der Waals surface area contributed by atoms with Gasteiger partial charge in [-0.05, 0) is 51.4 Å². The summed E-state index contributed by atoms with van der Waals surface area (Å²) in [7, 11) is 0. The third kappa shape index (κ3) is 54.8. The van der Waals surface area contributed by atoms with Crippen molar-refractivity contribution in [3.63, 3.8) is 0 Å². The van der Waals surface area contributed by atoms with E-state index in [1.54, 1.807) is 0 Å². The first-order chi connectivity index (χ1) is 33.5. The lowest BCUT2D eigenvalue weighted by atomic mass is 10.0. The van der Waals surface area contributed by atoms with E-state index in [-0.39, 0.29) is 31.1 Å². The maximum atomic E-state index is 12.9. The molecule has 1 unspecified atom stereocenters. The Morgan fingerprint density at radius 1 is 0.294 bits per heavy atom. The molecule has 0 N–H and O–H groups in total. The van der Waals surface area contributed by atoms with E-state index in [0.717, 1.165) is 64.2 Å². The van der Waals surface area contributed by atoms with Crippen molar-refractivity contribution < 1.29 is 28.6 Å². The first-order valence-corrected chi connectivity index (χ1v) is 30.3. The second-order valence-electron chi connectivity index (χ2n) is 20.6. The number of carbonyl (C=O) groups excluding carboxylic acids is 3. The van der Waals surface area contributed by atoms with Gasteiger partial charge in [-0.2, -0.15) is 0 Å². The highest BCUT2D eigenvalue weighted by atomic mass is 16.6. The molecule has 0 rings (SSSR count). The number of esters is 3. The average molecular weight is 958 g/mol. The monoisotopic (exact) mass is 957 g/mol. The summed E-state index contributed by atoms with van der Waals surface area (Å²) in [5, 5.41) is 0. The van der Waals surface area contributed by atoms with Crippen LogP contribution in [0.1, 0.15) is 335 Å². The van der Waals surface area contributed by atoms with Gasteiger partial charge < -0.3 is 14.2 Å². The topological polar surface area (TPSA) is 78.9 Å². The molecule has 0 fully saturated rings. The van der Waals surface area contributed by atoms with Crippen LogP contribution in [0.3, 0.4) is 0 Å². The second-order valence-corrected chi connectivity index (χ2v) is 20.6. The van der Waals surface area contributed by atoms with E-state index in [1.807, 2.05) is 0 Å². The van der Waals surface area contributed by atoms with Crippen LogP contribution >= 0.6 is 0 Å². The minimum absolute atomic E-state index is 0.0673.